The van der Waals surface area contributed by atoms with Gasteiger partial charge in [0.05, 0.1) is 25.3 Å². The van der Waals surface area contributed by atoms with Gasteiger partial charge in [-0.1, -0.05) is 29.8 Å². The fraction of sp³-hybridized carbons (Fsp3) is 0.294. The van der Waals surface area contributed by atoms with Gasteiger partial charge in [-0.3, -0.25) is 0 Å². The van der Waals surface area contributed by atoms with Crippen molar-refractivity contribution in [2.45, 2.75) is 20.1 Å². The second-order valence-electron chi connectivity index (χ2n) is 4.71. The van der Waals surface area contributed by atoms with Gasteiger partial charge in [0, 0.05) is 17.8 Å². The summed E-state index contributed by atoms with van der Waals surface area (Å²) in [5.41, 5.74) is 2.72. The molecule has 0 heterocycles. The molecule has 4 nitrogen and oxygen atoms in total. The van der Waals surface area contributed by atoms with Crippen molar-refractivity contribution < 1.29 is 14.6 Å². The van der Waals surface area contributed by atoms with E-state index in [9.17, 15) is 5.11 Å². The van der Waals surface area contributed by atoms with Crippen molar-refractivity contribution in [1.82, 2.24) is 0 Å². The predicted molar refractivity (Wildman–Crippen MR) is 88.9 cm³/mol. The molecule has 2 rings (SSSR count). The molecule has 0 aliphatic rings. The number of rotatable bonds is 7. The fourth-order valence-corrected chi connectivity index (χ4v) is 2.48. The first-order valence-corrected chi connectivity index (χ1v) is 7.49. The molecule has 0 aliphatic heterocycles. The molecule has 2 N–H and O–H groups in total. The summed E-state index contributed by atoms with van der Waals surface area (Å²) >= 11 is 6.26. The smallest absolute Gasteiger partial charge is 0.179 e. The Morgan fingerprint density at radius 2 is 2.00 bits per heavy atom. The molecule has 0 atom stereocenters. The lowest BCUT2D eigenvalue weighted by atomic mass is 10.1. The summed E-state index contributed by atoms with van der Waals surface area (Å²) in [6.07, 6.45) is 0. The maximum Gasteiger partial charge on any atom is 0.179 e. The number of ether oxygens (including phenoxy) is 2. The van der Waals surface area contributed by atoms with Crippen LogP contribution >= 0.6 is 11.6 Å². The Balaban J connectivity index is 2.18. The Kier molecular flexibility index (Phi) is 5.92. The van der Waals surface area contributed by atoms with Crippen molar-refractivity contribution in [3.63, 3.8) is 0 Å². The molecule has 118 valence electrons. The van der Waals surface area contributed by atoms with Crippen LogP contribution in [0.1, 0.15) is 18.1 Å². The highest BCUT2D eigenvalue weighted by Crippen LogP contribution is 2.36. The SMILES string of the molecule is CCOc1c(Cl)cc(CNc2ccccc2CO)cc1OC. The molecule has 0 bridgehead atoms. The van der Waals surface area contributed by atoms with Crippen LogP contribution < -0.4 is 14.8 Å². The topological polar surface area (TPSA) is 50.7 Å². The molecule has 0 amide bonds. The van der Waals surface area contributed by atoms with Crippen molar-refractivity contribution in [2.75, 3.05) is 19.0 Å². The number of aliphatic hydroxyl groups excluding tert-OH is 1. The van der Waals surface area contributed by atoms with Gasteiger partial charge in [0.15, 0.2) is 11.5 Å². The minimum Gasteiger partial charge on any atom is -0.493 e. The van der Waals surface area contributed by atoms with Crippen molar-refractivity contribution >= 4 is 17.3 Å². The number of methoxy groups -OCH3 is 1. The lowest BCUT2D eigenvalue weighted by molar-refractivity contribution is 0.282. The normalized spacial score (nSPS) is 10.4. The Morgan fingerprint density at radius 3 is 2.68 bits per heavy atom. The van der Waals surface area contributed by atoms with Gasteiger partial charge in [0.1, 0.15) is 0 Å². The van der Waals surface area contributed by atoms with Gasteiger partial charge in [-0.2, -0.15) is 0 Å². The lowest BCUT2D eigenvalue weighted by Crippen LogP contribution is -2.04. The van der Waals surface area contributed by atoms with E-state index in [0.717, 1.165) is 16.8 Å². The Morgan fingerprint density at radius 1 is 1.23 bits per heavy atom. The van der Waals surface area contributed by atoms with Crippen LogP contribution in [0.5, 0.6) is 11.5 Å². The molecule has 0 aromatic heterocycles. The standard InChI is InChI=1S/C17H20ClNO3/c1-3-22-17-14(18)8-12(9-16(17)21-2)10-19-15-7-5-4-6-13(15)11-20/h4-9,19-20H,3,10-11H2,1-2H3. The molecule has 0 fully saturated rings. The zero-order chi connectivity index (χ0) is 15.9. The van der Waals surface area contributed by atoms with E-state index in [0.29, 0.717) is 29.7 Å². The predicted octanol–water partition coefficient (Wildman–Crippen LogP) is 3.85. The molecule has 0 saturated heterocycles. The van der Waals surface area contributed by atoms with E-state index >= 15 is 0 Å². The van der Waals surface area contributed by atoms with E-state index < -0.39 is 0 Å². The summed E-state index contributed by atoms with van der Waals surface area (Å²) in [7, 11) is 1.59. The molecule has 0 aliphatic carbocycles. The molecule has 22 heavy (non-hydrogen) atoms. The molecule has 0 radical (unpaired) electrons. The largest absolute Gasteiger partial charge is 0.493 e. The van der Waals surface area contributed by atoms with Crippen LogP contribution in [0.2, 0.25) is 5.02 Å². The van der Waals surface area contributed by atoms with Gasteiger partial charge in [0.25, 0.3) is 0 Å². The van der Waals surface area contributed by atoms with E-state index in [4.69, 9.17) is 21.1 Å². The number of halogens is 1. The van der Waals surface area contributed by atoms with E-state index in [1.54, 1.807) is 7.11 Å². The summed E-state index contributed by atoms with van der Waals surface area (Å²) in [4.78, 5) is 0. The zero-order valence-electron chi connectivity index (χ0n) is 12.7. The number of nitrogens with one attached hydrogen (secondary N) is 1. The highest BCUT2D eigenvalue weighted by molar-refractivity contribution is 6.32. The van der Waals surface area contributed by atoms with Crippen LogP contribution in [0.3, 0.4) is 0 Å². The third-order valence-electron chi connectivity index (χ3n) is 3.25. The molecular weight excluding hydrogens is 302 g/mol. The summed E-state index contributed by atoms with van der Waals surface area (Å²) in [5.74, 6) is 1.17. The van der Waals surface area contributed by atoms with E-state index in [2.05, 4.69) is 5.32 Å². The second-order valence-corrected chi connectivity index (χ2v) is 5.12. The molecule has 0 spiro atoms. The van der Waals surface area contributed by atoms with Crippen LogP contribution in [0, 0.1) is 0 Å². The quantitative estimate of drug-likeness (QED) is 0.813. The summed E-state index contributed by atoms with van der Waals surface area (Å²) < 4.78 is 10.8. The van der Waals surface area contributed by atoms with Crippen LogP contribution in [-0.2, 0) is 13.2 Å². The van der Waals surface area contributed by atoms with Crippen LogP contribution in [0.25, 0.3) is 0 Å². The maximum absolute atomic E-state index is 9.34. The van der Waals surface area contributed by atoms with E-state index in [-0.39, 0.29) is 6.61 Å². The van der Waals surface area contributed by atoms with Gasteiger partial charge in [0.2, 0.25) is 0 Å². The highest BCUT2D eigenvalue weighted by atomic mass is 35.5. The number of aliphatic hydroxyl groups is 1. The minimum atomic E-state index is -0.00344. The average Bonchev–Trinajstić information content (AvgIpc) is 2.55. The molecule has 2 aromatic carbocycles. The first-order chi connectivity index (χ1) is 10.7. The summed E-state index contributed by atoms with van der Waals surface area (Å²) in [6, 6.07) is 11.4. The number of para-hydroxylation sites is 1. The van der Waals surface area contributed by atoms with Crippen molar-refractivity contribution in [3.8, 4) is 11.5 Å². The molecular formula is C17H20ClNO3. The van der Waals surface area contributed by atoms with Gasteiger partial charge in [-0.25, -0.2) is 0 Å². The first kappa shape index (κ1) is 16.5. The Labute approximate surface area is 135 Å². The maximum atomic E-state index is 9.34. The number of hydrogen-bond donors (Lipinski definition) is 2. The highest BCUT2D eigenvalue weighted by Gasteiger charge is 2.11. The Hall–Kier alpha value is -1.91. The number of benzene rings is 2. The van der Waals surface area contributed by atoms with Gasteiger partial charge < -0.3 is 19.9 Å². The lowest BCUT2D eigenvalue weighted by Gasteiger charge is -2.15. The van der Waals surface area contributed by atoms with E-state index in [1.165, 1.54) is 0 Å². The molecule has 0 saturated carbocycles. The fourth-order valence-electron chi connectivity index (χ4n) is 2.19. The monoisotopic (exact) mass is 321 g/mol. The average molecular weight is 322 g/mol. The van der Waals surface area contributed by atoms with Crippen LogP contribution in [0.15, 0.2) is 36.4 Å². The van der Waals surface area contributed by atoms with Gasteiger partial charge >= 0.3 is 0 Å². The minimum absolute atomic E-state index is 0.00344. The second kappa shape index (κ2) is 7.92. The zero-order valence-corrected chi connectivity index (χ0v) is 13.5. The van der Waals surface area contributed by atoms with Crippen molar-refractivity contribution in [2.24, 2.45) is 0 Å². The summed E-state index contributed by atoms with van der Waals surface area (Å²) in [5, 5.41) is 13.2. The number of hydrogen-bond acceptors (Lipinski definition) is 4. The Bertz CT molecular complexity index is 631. The first-order valence-electron chi connectivity index (χ1n) is 7.11. The van der Waals surface area contributed by atoms with Gasteiger partial charge in [-0.15, -0.1) is 0 Å². The number of anilines is 1. The van der Waals surface area contributed by atoms with E-state index in [1.807, 2.05) is 43.3 Å². The molecule has 5 heteroatoms. The van der Waals surface area contributed by atoms with Crippen LogP contribution in [0.4, 0.5) is 5.69 Å². The van der Waals surface area contributed by atoms with Crippen molar-refractivity contribution in [3.05, 3.63) is 52.5 Å². The molecule has 2 aromatic rings. The molecule has 0 unspecified atom stereocenters. The van der Waals surface area contributed by atoms with Gasteiger partial charge in [-0.05, 0) is 30.7 Å². The van der Waals surface area contributed by atoms with Crippen molar-refractivity contribution in [1.29, 1.82) is 0 Å². The summed E-state index contributed by atoms with van der Waals surface area (Å²) in [6.45, 7) is 2.99. The third kappa shape index (κ3) is 3.84. The van der Waals surface area contributed by atoms with Crippen LogP contribution in [-0.4, -0.2) is 18.8 Å². The third-order valence-corrected chi connectivity index (χ3v) is 3.53.